The molecule has 0 spiro atoms. The largest absolute Gasteiger partial charge is 0.461 e. The lowest BCUT2D eigenvalue weighted by Gasteiger charge is -2.27. The maximum Gasteiger partial charge on any atom is 0.359 e. The van der Waals surface area contributed by atoms with Crippen molar-refractivity contribution < 1.29 is 19.1 Å². The Morgan fingerprint density at radius 2 is 2.36 bits per heavy atom. The zero-order chi connectivity index (χ0) is 18.0. The minimum Gasteiger partial charge on any atom is -0.461 e. The van der Waals surface area contributed by atoms with Crippen molar-refractivity contribution in [1.29, 1.82) is 0 Å². The van der Waals surface area contributed by atoms with Crippen molar-refractivity contribution in [3.05, 3.63) is 31.4 Å². The molecule has 0 bridgehead atoms. The number of nitrogens with zero attached hydrogens (tertiary/aromatic N) is 1. The lowest BCUT2D eigenvalue weighted by Crippen LogP contribution is -2.30. The van der Waals surface area contributed by atoms with Gasteiger partial charge in [0.15, 0.2) is 10.8 Å². The van der Waals surface area contributed by atoms with E-state index in [9.17, 15) is 9.59 Å². The van der Waals surface area contributed by atoms with Crippen molar-refractivity contribution in [3.8, 4) is 0 Å². The number of amides is 1. The van der Waals surface area contributed by atoms with Gasteiger partial charge in [0.2, 0.25) is 5.91 Å². The van der Waals surface area contributed by atoms with Gasteiger partial charge in [-0.2, -0.15) is 0 Å². The van der Waals surface area contributed by atoms with Crippen LogP contribution in [-0.4, -0.2) is 30.1 Å². The van der Waals surface area contributed by atoms with Gasteiger partial charge in [-0.15, -0.1) is 11.3 Å². The summed E-state index contributed by atoms with van der Waals surface area (Å²) < 4.78 is 11.3. The first-order chi connectivity index (χ1) is 12.0. The van der Waals surface area contributed by atoms with Gasteiger partial charge >= 0.3 is 5.97 Å². The van der Waals surface area contributed by atoms with Gasteiger partial charge in [-0.25, -0.2) is 9.78 Å². The van der Waals surface area contributed by atoms with Gasteiger partial charge in [0, 0.05) is 11.3 Å². The molecule has 3 rings (SSSR count). The summed E-state index contributed by atoms with van der Waals surface area (Å²) in [4.78, 5) is 29.9. The first-order valence-electron chi connectivity index (χ1n) is 7.83. The van der Waals surface area contributed by atoms with Gasteiger partial charge in [0.25, 0.3) is 0 Å². The van der Waals surface area contributed by atoms with Gasteiger partial charge in [0.1, 0.15) is 3.79 Å². The van der Waals surface area contributed by atoms with Crippen molar-refractivity contribution in [2.75, 3.05) is 18.5 Å². The van der Waals surface area contributed by atoms with E-state index in [4.69, 9.17) is 9.47 Å². The number of fused-ring (bicyclic) bond motifs is 1. The molecule has 2 aromatic rings. The highest BCUT2D eigenvalue weighted by Gasteiger charge is 2.32. The molecule has 2 atom stereocenters. The zero-order valence-corrected chi connectivity index (χ0v) is 16.9. The fourth-order valence-electron chi connectivity index (χ4n) is 2.63. The highest BCUT2D eigenvalue weighted by Crippen LogP contribution is 2.37. The summed E-state index contributed by atoms with van der Waals surface area (Å²) in [5, 5.41) is 5.16. The van der Waals surface area contributed by atoms with Crippen molar-refractivity contribution in [2.24, 2.45) is 5.92 Å². The third kappa shape index (κ3) is 3.94. The van der Waals surface area contributed by atoms with Gasteiger partial charge in [0.05, 0.1) is 25.2 Å². The molecule has 3 heterocycles. The van der Waals surface area contributed by atoms with E-state index in [-0.39, 0.29) is 30.2 Å². The summed E-state index contributed by atoms with van der Waals surface area (Å²) in [5.41, 5.74) is 1.26. The molecular formula is C16H17BrN2O4S2. The predicted molar refractivity (Wildman–Crippen MR) is 100 cm³/mol. The molecule has 25 heavy (non-hydrogen) atoms. The highest BCUT2D eigenvalue weighted by molar-refractivity contribution is 9.11. The van der Waals surface area contributed by atoms with Gasteiger partial charge in [-0.05, 0) is 39.9 Å². The van der Waals surface area contributed by atoms with Crippen LogP contribution in [0.1, 0.15) is 40.9 Å². The second kappa shape index (κ2) is 7.94. The van der Waals surface area contributed by atoms with E-state index in [1.807, 2.05) is 18.4 Å². The van der Waals surface area contributed by atoms with Crippen LogP contribution < -0.4 is 5.32 Å². The SMILES string of the molecule is CCOC(=O)c1nc(NC(=O)C(C)C2OCCc3sccc32)sc1Br. The van der Waals surface area contributed by atoms with E-state index in [2.05, 4.69) is 26.2 Å². The van der Waals surface area contributed by atoms with Crippen LogP contribution in [0.4, 0.5) is 5.13 Å². The van der Waals surface area contributed by atoms with E-state index in [1.54, 1.807) is 18.3 Å². The number of thiophene rings is 1. The summed E-state index contributed by atoms with van der Waals surface area (Å²) in [5.74, 6) is -1.08. The summed E-state index contributed by atoms with van der Waals surface area (Å²) in [7, 11) is 0. The van der Waals surface area contributed by atoms with Crippen LogP contribution in [0.15, 0.2) is 15.2 Å². The average molecular weight is 445 g/mol. The summed E-state index contributed by atoms with van der Waals surface area (Å²) >= 11 is 6.17. The molecule has 0 radical (unpaired) electrons. The fourth-order valence-corrected chi connectivity index (χ4v) is 4.92. The van der Waals surface area contributed by atoms with E-state index >= 15 is 0 Å². The summed E-state index contributed by atoms with van der Waals surface area (Å²) in [6.45, 7) is 4.45. The standard InChI is InChI=1S/C16H17BrN2O4S2/c1-3-22-15(21)11-13(17)25-16(18-11)19-14(20)8(2)12-9-5-7-24-10(9)4-6-23-12/h5,7-8,12H,3-4,6H2,1-2H3,(H,18,19,20). The van der Waals surface area contributed by atoms with Crippen LogP contribution in [0.2, 0.25) is 0 Å². The topological polar surface area (TPSA) is 77.5 Å². The van der Waals surface area contributed by atoms with Crippen molar-refractivity contribution >= 4 is 55.6 Å². The summed E-state index contributed by atoms with van der Waals surface area (Å²) in [6, 6.07) is 2.02. The van der Waals surface area contributed by atoms with Crippen molar-refractivity contribution in [2.45, 2.75) is 26.4 Å². The first-order valence-corrected chi connectivity index (χ1v) is 10.3. The quantitative estimate of drug-likeness (QED) is 0.704. The number of carbonyl (C=O) groups is 2. The molecular weight excluding hydrogens is 428 g/mol. The number of ether oxygens (including phenoxy) is 2. The van der Waals surface area contributed by atoms with E-state index in [1.165, 1.54) is 16.2 Å². The molecule has 134 valence electrons. The number of nitrogens with one attached hydrogen (secondary N) is 1. The second-order valence-corrected chi connectivity index (χ2v) is 8.80. The van der Waals surface area contributed by atoms with Gasteiger partial charge in [-0.3, -0.25) is 4.79 Å². The van der Waals surface area contributed by atoms with Crippen LogP contribution in [-0.2, 0) is 20.7 Å². The number of esters is 1. The molecule has 1 amide bonds. The normalized spacial score (nSPS) is 17.6. The number of anilines is 1. The van der Waals surface area contributed by atoms with Crippen LogP contribution in [0.3, 0.4) is 0 Å². The molecule has 0 saturated carbocycles. The number of rotatable bonds is 5. The van der Waals surface area contributed by atoms with E-state index in [0.29, 0.717) is 15.5 Å². The van der Waals surface area contributed by atoms with E-state index in [0.717, 1.165) is 12.0 Å². The lowest BCUT2D eigenvalue weighted by atomic mass is 9.94. The molecule has 6 nitrogen and oxygen atoms in total. The second-order valence-electron chi connectivity index (χ2n) is 5.48. The minimum absolute atomic E-state index is 0.170. The Morgan fingerprint density at radius 1 is 1.56 bits per heavy atom. The predicted octanol–water partition coefficient (Wildman–Crippen LogP) is 4.03. The number of hydrogen-bond acceptors (Lipinski definition) is 7. The average Bonchev–Trinajstić information content (AvgIpc) is 3.20. The van der Waals surface area contributed by atoms with Crippen molar-refractivity contribution in [1.82, 2.24) is 4.98 Å². The Balaban J connectivity index is 1.71. The fraction of sp³-hybridized carbons (Fsp3) is 0.438. The number of halogens is 1. The Morgan fingerprint density at radius 3 is 3.12 bits per heavy atom. The molecule has 0 aromatic carbocycles. The van der Waals surface area contributed by atoms with Crippen molar-refractivity contribution in [3.63, 3.8) is 0 Å². The van der Waals surface area contributed by atoms with Gasteiger partial charge < -0.3 is 14.8 Å². The molecule has 1 N–H and O–H groups in total. The molecule has 0 fully saturated rings. The molecule has 0 aliphatic carbocycles. The first kappa shape index (κ1) is 18.5. The molecule has 0 saturated heterocycles. The lowest BCUT2D eigenvalue weighted by molar-refractivity contribution is -0.125. The number of thiazole rings is 1. The van der Waals surface area contributed by atoms with Gasteiger partial charge in [-0.1, -0.05) is 18.3 Å². The number of aromatic nitrogens is 1. The number of carbonyl (C=O) groups excluding carboxylic acids is 2. The van der Waals surface area contributed by atoms with Crippen LogP contribution >= 0.6 is 38.6 Å². The monoisotopic (exact) mass is 444 g/mol. The number of hydrogen-bond donors (Lipinski definition) is 1. The van der Waals surface area contributed by atoms with Crippen LogP contribution in [0, 0.1) is 5.92 Å². The third-order valence-corrected chi connectivity index (χ3v) is 6.48. The maximum atomic E-state index is 12.6. The minimum atomic E-state index is -0.516. The molecule has 1 aliphatic heterocycles. The maximum absolute atomic E-state index is 12.6. The zero-order valence-electron chi connectivity index (χ0n) is 13.7. The third-order valence-electron chi connectivity index (χ3n) is 3.87. The van der Waals surface area contributed by atoms with Crippen LogP contribution in [0.5, 0.6) is 0 Å². The smallest absolute Gasteiger partial charge is 0.359 e. The molecule has 1 aliphatic rings. The Hall–Kier alpha value is -1.29. The Kier molecular flexibility index (Phi) is 5.88. The Labute approximate surface area is 161 Å². The Bertz CT molecular complexity index is 789. The molecule has 2 aromatic heterocycles. The molecule has 9 heteroatoms. The van der Waals surface area contributed by atoms with E-state index < -0.39 is 5.97 Å². The van der Waals surface area contributed by atoms with Crippen LogP contribution in [0.25, 0.3) is 0 Å². The summed E-state index contributed by atoms with van der Waals surface area (Å²) in [6.07, 6.45) is 0.628. The molecule has 2 unspecified atom stereocenters. The highest BCUT2D eigenvalue weighted by atomic mass is 79.9.